The molecule has 156 valence electrons. The van der Waals surface area contributed by atoms with Crippen molar-refractivity contribution in [3.63, 3.8) is 0 Å². The van der Waals surface area contributed by atoms with Crippen LogP contribution in [0.25, 0.3) is 0 Å². The van der Waals surface area contributed by atoms with Gasteiger partial charge in [-0.25, -0.2) is 13.2 Å². The van der Waals surface area contributed by atoms with Crippen LogP contribution in [-0.2, 0) is 16.2 Å². The van der Waals surface area contributed by atoms with Gasteiger partial charge in [0.15, 0.2) is 5.17 Å². The minimum atomic E-state index is -1.11. The molecule has 2 N–H and O–H groups in total. The summed E-state index contributed by atoms with van der Waals surface area (Å²) >= 11 is 0.932. The van der Waals surface area contributed by atoms with E-state index in [0.29, 0.717) is 5.56 Å². The van der Waals surface area contributed by atoms with Crippen LogP contribution in [0.2, 0.25) is 0 Å². The molecular formula is C19H14F3N3O4S. The molecular weight excluding hydrogens is 423 g/mol. The topological polar surface area (TPSA) is 100 Å². The van der Waals surface area contributed by atoms with Crippen molar-refractivity contribution in [3.05, 3.63) is 65.0 Å². The summed E-state index contributed by atoms with van der Waals surface area (Å²) in [6.45, 7) is -0.212. The van der Waals surface area contributed by atoms with Gasteiger partial charge in [-0.15, -0.1) is 5.10 Å². The Balaban J connectivity index is 1.70. The molecule has 2 aromatic carbocycles. The fraction of sp³-hybridized carbons (Fsp3) is 0.158. The first-order chi connectivity index (χ1) is 14.3. The molecule has 0 bridgehead atoms. The second kappa shape index (κ2) is 9.44. The largest absolute Gasteiger partial charge is 0.488 e. The van der Waals surface area contributed by atoms with Crippen molar-refractivity contribution >= 4 is 35.0 Å². The van der Waals surface area contributed by atoms with Gasteiger partial charge in [0.1, 0.15) is 35.1 Å². The van der Waals surface area contributed by atoms with E-state index in [9.17, 15) is 22.8 Å². The Morgan fingerprint density at radius 1 is 1.17 bits per heavy atom. The number of carbonyl (C=O) groups is 2. The molecule has 1 saturated heterocycles. The number of nitrogens with zero attached hydrogens (tertiary/aromatic N) is 2. The van der Waals surface area contributed by atoms with Crippen LogP contribution in [0.1, 0.15) is 17.5 Å². The molecule has 1 fully saturated rings. The lowest BCUT2D eigenvalue weighted by Gasteiger charge is -2.09. The van der Waals surface area contributed by atoms with E-state index in [-0.39, 0.29) is 29.5 Å². The Hall–Kier alpha value is -3.34. The molecule has 1 heterocycles. The number of rotatable bonds is 7. The van der Waals surface area contributed by atoms with Crippen LogP contribution in [0.4, 0.5) is 13.2 Å². The summed E-state index contributed by atoms with van der Waals surface area (Å²) in [6, 6.07) is 6.53. The minimum Gasteiger partial charge on any atom is -0.488 e. The van der Waals surface area contributed by atoms with Gasteiger partial charge in [0.05, 0.1) is 12.6 Å². The second-order valence-electron chi connectivity index (χ2n) is 6.09. The summed E-state index contributed by atoms with van der Waals surface area (Å²) in [5.41, 5.74) is 0.545. The number of carboxylic acid groups (broad SMARTS) is 1. The van der Waals surface area contributed by atoms with Crippen molar-refractivity contribution in [1.82, 2.24) is 5.32 Å². The van der Waals surface area contributed by atoms with Gasteiger partial charge in [0.25, 0.3) is 0 Å². The number of amidine groups is 1. The zero-order valence-corrected chi connectivity index (χ0v) is 16.0. The molecule has 1 unspecified atom stereocenters. The lowest BCUT2D eigenvalue weighted by molar-refractivity contribution is -0.138. The number of hydrogen-bond donors (Lipinski definition) is 2. The Morgan fingerprint density at radius 2 is 1.90 bits per heavy atom. The average molecular weight is 437 g/mol. The molecule has 0 aliphatic carbocycles. The van der Waals surface area contributed by atoms with E-state index < -0.39 is 34.6 Å². The number of halogens is 3. The van der Waals surface area contributed by atoms with Crippen LogP contribution >= 0.6 is 11.8 Å². The highest BCUT2D eigenvalue weighted by molar-refractivity contribution is 8.15. The molecule has 0 spiro atoms. The molecule has 0 saturated carbocycles. The summed E-state index contributed by atoms with van der Waals surface area (Å²) in [5.74, 6) is -3.64. The van der Waals surface area contributed by atoms with Crippen molar-refractivity contribution in [2.24, 2.45) is 10.2 Å². The Kier molecular flexibility index (Phi) is 6.72. The first kappa shape index (κ1) is 21.4. The normalized spacial score (nSPS) is 17.5. The molecule has 1 amide bonds. The highest BCUT2D eigenvalue weighted by Gasteiger charge is 2.32. The SMILES string of the molecule is O=C(O)CC1SC(=NN=Cc2ccc(F)cc2OCc2cc(F)cc(F)c2)NC1=O. The van der Waals surface area contributed by atoms with Crippen LogP contribution < -0.4 is 10.1 Å². The average Bonchev–Trinajstić information content (AvgIpc) is 2.99. The molecule has 1 aliphatic heterocycles. The van der Waals surface area contributed by atoms with Crippen LogP contribution in [0, 0.1) is 17.5 Å². The number of benzene rings is 2. The summed E-state index contributed by atoms with van der Waals surface area (Å²) in [6.07, 6.45) is 0.890. The summed E-state index contributed by atoms with van der Waals surface area (Å²) < 4.78 is 45.6. The van der Waals surface area contributed by atoms with Gasteiger partial charge >= 0.3 is 5.97 Å². The number of hydrogen-bond acceptors (Lipinski definition) is 6. The lowest BCUT2D eigenvalue weighted by Crippen LogP contribution is -2.26. The fourth-order valence-corrected chi connectivity index (χ4v) is 3.40. The standard InChI is InChI=1S/C19H14F3N3O4S/c20-12-2-1-11(8-23-25-19-24-18(28)16(30-19)7-17(26)27)15(6-12)29-9-10-3-13(21)5-14(22)4-10/h1-6,8,16H,7,9H2,(H,26,27)(H,24,25,28). The van der Waals surface area contributed by atoms with Crippen molar-refractivity contribution in [2.45, 2.75) is 18.3 Å². The first-order valence-electron chi connectivity index (χ1n) is 8.48. The number of ether oxygens (including phenoxy) is 1. The minimum absolute atomic E-state index is 0.0653. The van der Waals surface area contributed by atoms with E-state index in [4.69, 9.17) is 9.84 Å². The molecule has 3 rings (SSSR count). The van der Waals surface area contributed by atoms with Gasteiger partial charge in [0, 0.05) is 17.7 Å². The Bertz CT molecular complexity index is 1030. The summed E-state index contributed by atoms with van der Waals surface area (Å²) in [4.78, 5) is 22.4. The summed E-state index contributed by atoms with van der Waals surface area (Å²) in [7, 11) is 0. The predicted octanol–water partition coefficient (Wildman–Crippen LogP) is 3.08. The molecule has 2 aromatic rings. The van der Waals surface area contributed by atoms with E-state index in [1.165, 1.54) is 12.3 Å². The molecule has 1 atom stereocenters. The molecule has 30 heavy (non-hydrogen) atoms. The van der Waals surface area contributed by atoms with Crippen LogP contribution in [0.5, 0.6) is 5.75 Å². The van der Waals surface area contributed by atoms with E-state index in [1.54, 1.807) is 0 Å². The van der Waals surface area contributed by atoms with Gasteiger partial charge < -0.3 is 15.2 Å². The van der Waals surface area contributed by atoms with E-state index in [2.05, 4.69) is 15.5 Å². The smallest absolute Gasteiger partial charge is 0.305 e. The fourth-order valence-electron chi connectivity index (χ4n) is 2.48. The lowest BCUT2D eigenvalue weighted by atomic mass is 10.2. The van der Waals surface area contributed by atoms with E-state index in [0.717, 1.165) is 42.1 Å². The van der Waals surface area contributed by atoms with Crippen LogP contribution in [-0.4, -0.2) is 33.6 Å². The van der Waals surface area contributed by atoms with Gasteiger partial charge in [-0.05, 0) is 29.8 Å². The van der Waals surface area contributed by atoms with E-state index >= 15 is 0 Å². The third-order valence-electron chi connectivity index (χ3n) is 3.77. The van der Waals surface area contributed by atoms with Crippen molar-refractivity contribution < 1.29 is 32.6 Å². The number of carbonyl (C=O) groups excluding carboxylic acids is 1. The molecule has 0 radical (unpaired) electrons. The third kappa shape index (κ3) is 5.83. The van der Waals surface area contributed by atoms with E-state index in [1.807, 2.05) is 0 Å². The number of amides is 1. The highest BCUT2D eigenvalue weighted by Crippen LogP contribution is 2.23. The first-order valence-corrected chi connectivity index (χ1v) is 9.36. The number of carboxylic acids is 1. The van der Waals surface area contributed by atoms with Crippen LogP contribution in [0.15, 0.2) is 46.6 Å². The van der Waals surface area contributed by atoms with Gasteiger partial charge in [-0.1, -0.05) is 11.8 Å². The van der Waals surface area contributed by atoms with Crippen molar-refractivity contribution in [1.29, 1.82) is 0 Å². The number of aliphatic carboxylic acids is 1. The number of thioether (sulfide) groups is 1. The summed E-state index contributed by atoms with van der Waals surface area (Å²) in [5, 5.41) is 18.1. The highest BCUT2D eigenvalue weighted by atomic mass is 32.2. The van der Waals surface area contributed by atoms with Gasteiger partial charge in [0.2, 0.25) is 5.91 Å². The molecule has 7 nitrogen and oxygen atoms in total. The van der Waals surface area contributed by atoms with Gasteiger partial charge in [-0.2, -0.15) is 5.10 Å². The maximum Gasteiger partial charge on any atom is 0.305 e. The molecule has 1 aliphatic rings. The quantitative estimate of drug-likeness (QED) is 0.512. The second-order valence-corrected chi connectivity index (χ2v) is 7.28. The van der Waals surface area contributed by atoms with Crippen molar-refractivity contribution in [3.8, 4) is 5.75 Å². The predicted molar refractivity (Wildman–Crippen MR) is 104 cm³/mol. The maximum absolute atomic E-state index is 13.6. The van der Waals surface area contributed by atoms with Crippen LogP contribution in [0.3, 0.4) is 0 Å². The Labute approximate surface area is 172 Å². The third-order valence-corrected chi connectivity index (χ3v) is 4.85. The molecule has 11 heteroatoms. The Morgan fingerprint density at radius 3 is 2.60 bits per heavy atom. The number of nitrogens with one attached hydrogen (secondary N) is 1. The van der Waals surface area contributed by atoms with Gasteiger partial charge in [-0.3, -0.25) is 9.59 Å². The zero-order chi connectivity index (χ0) is 21.7. The zero-order valence-electron chi connectivity index (χ0n) is 15.1. The molecule has 0 aromatic heterocycles. The monoisotopic (exact) mass is 437 g/mol. The van der Waals surface area contributed by atoms with Crippen molar-refractivity contribution in [2.75, 3.05) is 0 Å². The maximum atomic E-state index is 13.6.